The molecular formula is C10H20N2O4S3. The molecule has 112 valence electrons. The SMILES string of the molecule is CCN[C@H]1C[C@@H](C)S(=O)(=O)[C@@H]2S[C@@H](S(N)(=O)=O)C[C@H]12. The fourth-order valence-electron chi connectivity index (χ4n) is 2.92. The molecule has 2 rings (SSSR count). The Balaban J connectivity index is 2.33. The van der Waals surface area contributed by atoms with Crippen LogP contribution in [0.3, 0.4) is 0 Å². The van der Waals surface area contributed by atoms with Crippen molar-refractivity contribution in [2.75, 3.05) is 6.54 Å². The molecule has 0 spiro atoms. The minimum absolute atomic E-state index is 0.0489. The molecule has 2 aliphatic rings. The molecule has 2 fully saturated rings. The van der Waals surface area contributed by atoms with Crippen LogP contribution in [0.1, 0.15) is 26.7 Å². The summed E-state index contributed by atoms with van der Waals surface area (Å²) in [5.41, 5.74) is 0. The third-order valence-corrected chi connectivity index (χ3v) is 10.5. The minimum Gasteiger partial charge on any atom is -0.314 e. The molecule has 0 amide bonds. The lowest BCUT2D eigenvalue weighted by Gasteiger charge is -2.36. The molecule has 0 aromatic heterocycles. The van der Waals surface area contributed by atoms with Gasteiger partial charge in [0.2, 0.25) is 10.0 Å². The Hall–Kier alpha value is 0.170. The van der Waals surface area contributed by atoms with E-state index in [0.29, 0.717) is 12.8 Å². The Labute approximate surface area is 118 Å². The highest BCUT2D eigenvalue weighted by Crippen LogP contribution is 2.49. The Morgan fingerprint density at radius 2 is 2.00 bits per heavy atom. The van der Waals surface area contributed by atoms with Gasteiger partial charge in [0.1, 0.15) is 9.16 Å². The Morgan fingerprint density at radius 1 is 1.37 bits per heavy atom. The van der Waals surface area contributed by atoms with Crippen molar-refractivity contribution in [1.82, 2.24) is 5.32 Å². The number of rotatable bonds is 3. The van der Waals surface area contributed by atoms with E-state index < -0.39 is 34.3 Å². The topological polar surface area (TPSA) is 106 Å². The van der Waals surface area contributed by atoms with E-state index in [9.17, 15) is 16.8 Å². The average molecular weight is 328 g/mol. The number of hydrogen-bond acceptors (Lipinski definition) is 6. The van der Waals surface area contributed by atoms with Crippen LogP contribution in [-0.4, -0.2) is 43.8 Å². The first-order valence-electron chi connectivity index (χ1n) is 6.31. The summed E-state index contributed by atoms with van der Waals surface area (Å²) >= 11 is 1.00. The predicted octanol–water partition coefficient (Wildman–Crippen LogP) is -0.135. The van der Waals surface area contributed by atoms with Crippen LogP contribution in [0.4, 0.5) is 0 Å². The molecule has 0 aromatic rings. The number of primary sulfonamides is 1. The van der Waals surface area contributed by atoms with Gasteiger partial charge in [-0.25, -0.2) is 22.0 Å². The van der Waals surface area contributed by atoms with E-state index in [0.717, 1.165) is 18.3 Å². The van der Waals surface area contributed by atoms with Gasteiger partial charge in [-0.3, -0.25) is 0 Å². The van der Waals surface area contributed by atoms with Gasteiger partial charge in [0.25, 0.3) is 0 Å². The first-order chi connectivity index (χ1) is 8.67. The van der Waals surface area contributed by atoms with Crippen molar-refractivity contribution in [2.24, 2.45) is 11.1 Å². The van der Waals surface area contributed by atoms with Crippen molar-refractivity contribution in [3.8, 4) is 0 Å². The highest BCUT2D eigenvalue weighted by molar-refractivity contribution is 8.20. The van der Waals surface area contributed by atoms with Crippen molar-refractivity contribution < 1.29 is 16.8 Å². The van der Waals surface area contributed by atoms with Gasteiger partial charge in [0.05, 0.1) is 5.25 Å². The number of sulfone groups is 1. The van der Waals surface area contributed by atoms with E-state index in [4.69, 9.17) is 5.14 Å². The number of sulfonamides is 1. The molecule has 2 aliphatic heterocycles. The van der Waals surface area contributed by atoms with E-state index in [2.05, 4.69) is 5.32 Å². The molecule has 6 nitrogen and oxygen atoms in total. The molecule has 0 aliphatic carbocycles. The lowest BCUT2D eigenvalue weighted by molar-refractivity contribution is 0.331. The van der Waals surface area contributed by atoms with Gasteiger partial charge >= 0.3 is 0 Å². The van der Waals surface area contributed by atoms with Crippen molar-refractivity contribution in [2.45, 2.75) is 47.1 Å². The predicted molar refractivity (Wildman–Crippen MR) is 76.8 cm³/mol. The molecule has 9 heteroatoms. The number of thioether (sulfide) groups is 1. The Bertz CT molecular complexity index is 545. The largest absolute Gasteiger partial charge is 0.314 e. The van der Waals surface area contributed by atoms with Gasteiger partial charge in [0, 0.05) is 12.0 Å². The van der Waals surface area contributed by atoms with Crippen LogP contribution in [0.15, 0.2) is 0 Å². The first kappa shape index (κ1) is 15.6. The lowest BCUT2D eigenvalue weighted by Crippen LogP contribution is -2.50. The summed E-state index contributed by atoms with van der Waals surface area (Å²) in [4.78, 5) is 0. The molecule has 0 aromatic carbocycles. The van der Waals surface area contributed by atoms with Crippen LogP contribution in [-0.2, 0) is 19.9 Å². The molecular weight excluding hydrogens is 308 g/mol. The molecule has 0 saturated carbocycles. The fourth-order valence-corrected chi connectivity index (χ4v) is 9.05. The second kappa shape index (κ2) is 5.18. The van der Waals surface area contributed by atoms with Crippen LogP contribution < -0.4 is 10.5 Å². The summed E-state index contributed by atoms with van der Waals surface area (Å²) in [7, 11) is -6.98. The third kappa shape index (κ3) is 2.80. The summed E-state index contributed by atoms with van der Waals surface area (Å²) in [6.07, 6.45) is 0.854. The quantitative estimate of drug-likeness (QED) is 0.747. The summed E-state index contributed by atoms with van der Waals surface area (Å²) in [6.45, 7) is 4.40. The molecule has 3 N–H and O–H groups in total. The second-order valence-corrected chi connectivity index (χ2v) is 11.4. The molecule has 5 atom stereocenters. The molecule has 2 saturated heterocycles. The Kier molecular flexibility index (Phi) is 4.24. The van der Waals surface area contributed by atoms with Crippen molar-refractivity contribution >= 4 is 31.6 Å². The summed E-state index contributed by atoms with van der Waals surface area (Å²) in [5, 5.41) is 8.02. The molecule has 19 heavy (non-hydrogen) atoms. The normalized spacial score (nSPS) is 41.9. The molecule has 0 unspecified atom stereocenters. The van der Waals surface area contributed by atoms with Gasteiger partial charge in [-0.05, 0) is 26.3 Å². The van der Waals surface area contributed by atoms with Crippen molar-refractivity contribution in [3.63, 3.8) is 0 Å². The molecule has 0 bridgehead atoms. The summed E-state index contributed by atoms with van der Waals surface area (Å²) in [6, 6.07) is 0.0489. The number of nitrogens with one attached hydrogen (secondary N) is 1. The van der Waals surface area contributed by atoms with Crippen LogP contribution in [0, 0.1) is 5.92 Å². The van der Waals surface area contributed by atoms with E-state index in [1.807, 2.05) is 6.92 Å². The van der Waals surface area contributed by atoms with Crippen LogP contribution in [0.2, 0.25) is 0 Å². The van der Waals surface area contributed by atoms with Gasteiger partial charge in [-0.2, -0.15) is 0 Å². The van der Waals surface area contributed by atoms with E-state index in [-0.39, 0.29) is 12.0 Å². The number of hydrogen-bond donors (Lipinski definition) is 2. The van der Waals surface area contributed by atoms with Crippen molar-refractivity contribution in [3.05, 3.63) is 0 Å². The minimum atomic E-state index is -3.70. The Morgan fingerprint density at radius 3 is 2.53 bits per heavy atom. The van der Waals surface area contributed by atoms with Crippen LogP contribution in [0.5, 0.6) is 0 Å². The van der Waals surface area contributed by atoms with Gasteiger partial charge in [-0.15, -0.1) is 11.8 Å². The van der Waals surface area contributed by atoms with Crippen LogP contribution in [0.25, 0.3) is 0 Å². The standard InChI is InChI=1S/C10H20N2O4S3/c1-3-12-8-4-6(2)18(13,14)10-7(8)5-9(17-10)19(11,15)16/h6-10,12H,3-5H2,1-2H3,(H2,11,15,16)/t6-,7-,8+,9+,10+/m1/s1. The van der Waals surface area contributed by atoms with E-state index in [1.165, 1.54) is 0 Å². The smallest absolute Gasteiger partial charge is 0.221 e. The maximum Gasteiger partial charge on any atom is 0.221 e. The average Bonchev–Trinajstić information content (AvgIpc) is 2.72. The number of fused-ring (bicyclic) bond motifs is 1. The lowest BCUT2D eigenvalue weighted by atomic mass is 9.94. The van der Waals surface area contributed by atoms with E-state index in [1.54, 1.807) is 6.92 Å². The second-order valence-electron chi connectivity index (χ2n) is 5.22. The summed E-state index contributed by atoms with van der Waals surface area (Å²) < 4.78 is 46.2. The molecule has 2 heterocycles. The zero-order valence-corrected chi connectivity index (χ0v) is 13.4. The van der Waals surface area contributed by atoms with Crippen molar-refractivity contribution in [1.29, 1.82) is 0 Å². The zero-order valence-electron chi connectivity index (χ0n) is 10.9. The maximum atomic E-state index is 12.3. The summed E-state index contributed by atoms with van der Waals surface area (Å²) in [5.74, 6) is -0.172. The molecule has 0 radical (unpaired) electrons. The van der Waals surface area contributed by atoms with Gasteiger partial charge in [0.15, 0.2) is 9.84 Å². The third-order valence-electron chi connectivity index (χ3n) is 3.92. The van der Waals surface area contributed by atoms with Crippen LogP contribution >= 0.6 is 11.8 Å². The highest BCUT2D eigenvalue weighted by atomic mass is 32.3. The first-order valence-corrected chi connectivity index (χ1v) is 10.5. The fraction of sp³-hybridized carbons (Fsp3) is 1.00. The maximum absolute atomic E-state index is 12.3. The number of nitrogens with two attached hydrogens (primary N) is 1. The van der Waals surface area contributed by atoms with E-state index >= 15 is 0 Å². The highest BCUT2D eigenvalue weighted by Gasteiger charge is 2.54. The van der Waals surface area contributed by atoms with Gasteiger partial charge < -0.3 is 5.32 Å². The monoisotopic (exact) mass is 328 g/mol. The van der Waals surface area contributed by atoms with Gasteiger partial charge in [-0.1, -0.05) is 6.92 Å². The zero-order chi connectivity index (χ0) is 14.4.